The van der Waals surface area contributed by atoms with Gasteiger partial charge in [-0.05, 0) is 64.2 Å². The van der Waals surface area contributed by atoms with Crippen molar-refractivity contribution in [2.45, 2.75) is 271 Å². The summed E-state index contributed by atoms with van der Waals surface area (Å²) in [6, 6.07) is 0. The largest absolute Gasteiger partial charge is 0.462 e. The van der Waals surface area contributed by atoms with Crippen molar-refractivity contribution in [3.05, 3.63) is 85.1 Å². The molecule has 6 nitrogen and oxygen atoms in total. The summed E-state index contributed by atoms with van der Waals surface area (Å²) in [5, 5.41) is 0. The lowest BCUT2D eigenvalue weighted by molar-refractivity contribution is -0.167. The van der Waals surface area contributed by atoms with Gasteiger partial charge in [-0.15, -0.1) is 0 Å². The van der Waals surface area contributed by atoms with Crippen LogP contribution in [0.2, 0.25) is 0 Å². The minimum atomic E-state index is -0.808. The van der Waals surface area contributed by atoms with Gasteiger partial charge in [-0.2, -0.15) is 0 Å². The quantitative estimate of drug-likeness (QED) is 0.0199. The summed E-state index contributed by atoms with van der Waals surface area (Å²) in [5.41, 5.74) is 0. The zero-order valence-corrected chi connectivity index (χ0v) is 43.9. The van der Waals surface area contributed by atoms with Gasteiger partial charge in [0.1, 0.15) is 13.2 Å². The molecule has 0 aliphatic rings. The van der Waals surface area contributed by atoms with Crippen LogP contribution >= 0.6 is 0 Å². The van der Waals surface area contributed by atoms with Crippen LogP contribution in [0.4, 0.5) is 0 Å². The average molecular weight is 933 g/mol. The molecule has 0 spiro atoms. The summed E-state index contributed by atoms with van der Waals surface area (Å²) in [6.45, 7) is 6.42. The van der Waals surface area contributed by atoms with Crippen molar-refractivity contribution in [3.63, 3.8) is 0 Å². The second kappa shape index (κ2) is 55.2. The third kappa shape index (κ3) is 53.4. The van der Waals surface area contributed by atoms with Gasteiger partial charge in [0.2, 0.25) is 0 Å². The van der Waals surface area contributed by atoms with Crippen molar-refractivity contribution in [2.24, 2.45) is 0 Å². The minimum Gasteiger partial charge on any atom is -0.462 e. The number of unbranched alkanes of at least 4 members (excludes halogenated alkanes) is 29. The molecule has 6 heteroatoms. The molecule has 0 aromatic carbocycles. The number of carbonyl (C=O) groups is 3. The molecule has 1 atom stereocenters. The molecule has 384 valence electrons. The normalized spacial score (nSPS) is 12.7. The van der Waals surface area contributed by atoms with Crippen LogP contribution in [-0.4, -0.2) is 37.2 Å². The smallest absolute Gasteiger partial charge is 0.306 e. The number of esters is 3. The first-order valence-corrected chi connectivity index (χ1v) is 28.2. The van der Waals surface area contributed by atoms with E-state index in [1.165, 1.54) is 154 Å². The number of hydrogen-bond donors (Lipinski definition) is 0. The summed E-state index contributed by atoms with van der Waals surface area (Å²) in [5.74, 6) is -0.980. The molecule has 0 aliphatic carbocycles. The fourth-order valence-electron chi connectivity index (χ4n) is 7.80. The third-order valence-electron chi connectivity index (χ3n) is 12.0. The van der Waals surface area contributed by atoms with E-state index in [0.29, 0.717) is 19.3 Å². The van der Waals surface area contributed by atoms with E-state index in [0.717, 1.165) is 64.2 Å². The van der Waals surface area contributed by atoms with Crippen LogP contribution in [-0.2, 0) is 28.6 Å². The maximum absolute atomic E-state index is 12.8. The van der Waals surface area contributed by atoms with Crippen LogP contribution in [0.3, 0.4) is 0 Å². The van der Waals surface area contributed by atoms with Crippen molar-refractivity contribution in [3.8, 4) is 0 Å². The van der Waals surface area contributed by atoms with Crippen LogP contribution in [0.25, 0.3) is 0 Å². The Kier molecular flexibility index (Phi) is 52.4. The molecule has 1 unspecified atom stereocenters. The Morgan fingerprint density at radius 3 is 1.10 bits per heavy atom. The Hall–Kier alpha value is -3.41. The molecule has 0 fully saturated rings. The highest BCUT2D eigenvalue weighted by Crippen LogP contribution is 2.16. The van der Waals surface area contributed by atoms with Gasteiger partial charge in [0.15, 0.2) is 6.10 Å². The molecule has 0 heterocycles. The Balaban J connectivity index is 4.42. The van der Waals surface area contributed by atoms with E-state index in [2.05, 4.69) is 51.2 Å². The molecule has 0 amide bonds. The second-order valence-electron chi connectivity index (χ2n) is 18.6. The first kappa shape index (κ1) is 63.6. The zero-order valence-electron chi connectivity index (χ0n) is 43.9. The maximum atomic E-state index is 12.8. The van der Waals surface area contributed by atoms with Crippen LogP contribution in [0, 0.1) is 0 Å². The Morgan fingerprint density at radius 1 is 0.328 bits per heavy atom. The monoisotopic (exact) mass is 933 g/mol. The summed E-state index contributed by atoms with van der Waals surface area (Å²) in [6.07, 6.45) is 71.5. The second-order valence-corrected chi connectivity index (χ2v) is 18.6. The van der Waals surface area contributed by atoms with Gasteiger partial charge in [-0.3, -0.25) is 14.4 Å². The summed E-state index contributed by atoms with van der Waals surface area (Å²) < 4.78 is 16.8. The Labute approximate surface area is 414 Å². The highest BCUT2D eigenvalue weighted by atomic mass is 16.6. The average Bonchev–Trinajstić information content (AvgIpc) is 3.33. The minimum absolute atomic E-state index is 0.101. The highest BCUT2D eigenvalue weighted by molar-refractivity contribution is 5.71. The van der Waals surface area contributed by atoms with Crippen molar-refractivity contribution in [2.75, 3.05) is 13.2 Å². The van der Waals surface area contributed by atoms with Gasteiger partial charge in [0.25, 0.3) is 0 Å². The number of hydrogen-bond acceptors (Lipinski definition) is 6. The van der Waals surface area contributed by atoms with Crippen LogP contribution < -0.4 is 0 Å². The summed E-state index contributed by atoms with van der Waals surface area (Å²) in [7, 11) is 0. The van der Waals surface area contributed by atoms with Gasteiger partial charge < -0.3 is 14.2 Å². The predicted molar refractivity (Wildman–Crippen MR) is 288 cm³/mol. The number of carbonyl (C=O) groups excluding carboxylic acids is 3. The third-order valence-corrected chi connectivity index (χ3v) is 12.0. The van der Waals surface area contributed by atoms with Crippen LogP contribution in [0.1, 0.15) is 265 Å². The Morgan fingerprint density at radius 2 is 0.657 bits per heavy atom. The van der Waals surface area contributed by atoms with Gasteiger partial charge in [-0.1, -0.05) is 266 Å². The molecule has 67 heavy (non-hydrogen) atoms. The van der Waals surface area contributed by atoms with E-state index in [4.69, 9.17) is 14.2 Å². The summed E-state index contributed by atoms with van der Waals surface area (Å²) in [4.78, 5) is 38.1. The first-order chi connectivity index (χ1) is 33.0. The van der Waals surface area contributed by atoms with Gasteiger partial charge in [0.05, 0.1) is 0 Å². The maximum Gasteiger partial charge on any atom is 0.306 e. The molecule has 0 radical (unpaired) electrons. The molecule has 0 aromatic heterocycles. The van der Waals surface area contributed by atoms with E-state index in [1.54, 1.807) is 0 Å². The highest BCUT2D eigenvalue weighted by Gasteiger charge is 2.19. The molecule has 0 N–H and O–H groups in total. The topological polar surface area (TPSA) is 78.9 Å². The Bertz CT molecular complexity index is 1300. The lowest BCUT2D eigenvalue weighted by atomic mass is 10.0. The van der Waals surface area contributed by atoms with E-state index in [-0.39, 0.29) is 37.5 Å². The lowest BCUT2D eigenvalue weighted by Crippen LogP contribution is -2.30. The van der Waals surface area contributed by atoms with Crippen molar-refractivity contribution >= 4 is 17.9 Å². The first-order valence-electron chi connectivity index (χ1n) is 28.2. The molecule has 0 aromatic rings. The van der Waals surface area contributed by atoms with Crippen molar-refractivity contribution < 1.29 is 28.6 Å². The summed E-state index contributed by atoms with van der Waals surface area (Å²) >= 11 is 0. The molecule has 0 bridgehead atoms. The molecule has 0 saturated carbocycles. The van der Waals surface area contributed by atoms with Gasteiger partial charge in [0, 0.05) is 19.3 Å². The molecule has 0 saturated heterocycles. The van der Waals surface area contributed by atoms with Gasteiger partial charge >= 0.3 is 17.9 Å². The fourth-order valence-corrected chi connectivity index (χ4v) is 7.80. The van der Waals surface area contributed by atoms with E-state index >= 15 is 0 Å². The standard InChI is InChI=1S/C61H104O6/c1-4-7-10-13-16-19-22-25-27-29-30-32-33-36-39-42-45-48-51-54-60(63)66-57-58(56-65-59(62)53-50-47-44-41-38-35-24-21-18-15-12-9-6-3)67-61(64)55-52-49-46-43-40-37-34-31-28-26-23-20-17-14-11-8-5-2/h9,12,15,17-18,20-21,24,26,28,35,38,41,44,58H,4-8,10-11,13-14,16,19,22-23,25,27,29-34,36-37,39-40,42-43,45-57H2,1-3H3/b12-9+,18-15+,20-17+,24-21+,28-26+,38-35+,44-41+. The van der Waals surface area contributed by atoms with E-state index in [9.17, 15) is 14.4 Å². The number of ether oxygens (including phenoxy) is 3. The zero-order chi connectivity index (χ0) is 48.6. The number of allylic oxidation sites excluding steroid dienone is 14. The van der Waals surface area contributed by atoms with Crippen molar-refractivity contribution in [1.82, 2.24) is 0 Å². The molecule has 0 aliphatic heterocycles. The van der Waals surface area contributed by atoms with Crippen LogP contribution in [0.15, 0.2) is 85.1 Å². The van der Waals surface area contributed by atoms with E-state index in [1.807, 2.05) is 54.7 Å². The van der Waals surface area contributed by atoms with E-state index < -0.39 is 6.10 Å². The lowest BCUT2D eigenvalue weighted by Gasteiger charge is -2.18. The number of rotatable bonds is 50. The molecule has 0 rings (SSSR count). The molecular formula is C61H104O6. The molecular weight excluding hydrogens is 829 g/mol. The SMILES string of the molecule is CC/C=C/C=C/C=C/C=C/C=C/CCCC(=O)OCC(COC(=O)CCCCCCCCCCCCCCCCCCCCC)OC(=O)CCCCCCCCC/C=C/C/C=C/CCCCC. The fraction of sp³-hybridized carbons (Fsp3) is 0.721. The predicted octanol–water partition coefficient (Wildman–Crippen LogP) is 18.8. The van der Waals surface area contributed by atoms with Gasteiger partial charge in [-0.25, -0.2) is 0 Å². The van der Waals surface area contributed by atoms with Crippen LogP contribution in [0.5, 0.6) is 0 Å². The van der Waals surface area contributed by atoms with Crippen molar-refractivity contribution in [1.29, 1.82) is 0 Å².